The summed E-state index contributed by atoms with van der Waals surface area (Å²) in [4.78, 5) is 11.6. The van der Waals surface area contributed by atoms with Crippen LogP contribution < -0.4 is 5.73 Å². The zero-order valence-electron chi connectivity index (χ0n) is 10.0. The smallest absolute Gasteiger partial charge is 0.323 e. The molecule has 2 rings (SSSR count). The maximum Gasteiger partial charge on any atom is 0.323 e. The standard InChI is InChI=1S/C13H17NO4/c14-10(13(17)18-9-2-1-3-9)6-8-4-5-11(15)12(16)7-8/h4-5,7,9-10,15-16H,1-3,6,14H2. The van der Waals surface area contributed by atoms with Gasteiger partial charge in [-0.05, 0) is 43.4 Å². The number of carbonyl (C=O) groups excluding carboxylic acids is 1. The van der Waals surface area contributed by atoms with E-state index in [2.05, 4.69) is 0 Å². The average Bonchev–Trinajstić information content (AvgIpc) is 2.28. The van der Waals surface area contributed by atoms with Crippen LogP contribution in [0.2, 0.25) is 0 Å². The Morgan fingerprint density at radius 1 is 1.39 bits per heavy atom. The first-order valence-corrected chi connectivity index (χ1v) is 6.03. The number of hydrogen-bond acceptors (Lipinski definition) is 5. The van der Waals surface area contributed by atoms with Crippen molar-refractivity contribution < 1.29 is 19.7 Å². The summed E-state index contributed by atoms with van der Waals surface area (Å²) < 4.78 is 5.20. The van der Waals surface area contributed by atoms with Gasteiger partial charge in [0, 0.05) is 0 Å². The molecule has 18 heavy (non-hydrogen) atoms. The van der Waals surface area contributed by atoms with Crippen molar-refractivity contribution in [3.8, 4) is 11.5 Å². The van der Waals surface area contributed by atoms with Crippen LogP contribution in [0.1, 0.15) is 24.8 Å². The van der Waals surface area contributed by atoms with Crippen molar-refractivity contribution in [3.63, 3.8) is 0 Å². The highest BCUT2D eigenvalue weighted by molar-refractivity contribution is 5.76. The Morgan fingerprint density at radius 3 is 2.67 bits per heavy atom. The molecule has 1 aromatic carbocycles. The van der Waals surface area contributed by atoms with E-state index in [-0.39, 0.29) is 24.0 Å². The van der Waals surface area contributed by atoms with E-state index >= 15 is 0 Å². The van der Waals surface area contributed by atoms with Crippen molar-refractivity contribution in [3.05, 3.63) is 23.8 Å². The summed E-state index contributed by atoms with van der Waals surface area (Å²) >= 11 is 0. The van der Waals surface area contributed by atoms with E-state index in [0.29, 0.717) is 5.56 Å². The Hall–Kier alpha value is -1.75. The molecule has 0 amide bonds. The normalized spacial score (nSPS) is 16.9. The van der Waals surface area contributed by atoms with Gasteiger partial charge in [-0.1, -0.05) is 6.07 Å². The molecule has 98 valence electrons. The predicted molar refractivity (Wildman–Crippen MR) is 65.2 cm³/mol. The molecular weight excluding hydrogens is 234 g/mol. The van der Waals surface area contributed by atoms with Gasteiger partial charge in [-0.15, -0.1) is 0 Å². The molecule has 0 bridgehead atoms. The number of carbonyl (C=O) groups is 1. The van der Waals surface area contributed by atoms with Gasteiger partial charge in [-0.3, -0.25) is 4.79 Å². The monoisotopic (exact) mass is 251 g/mol. The van der Waals surface area contributed by atoms with Crippen molar-refractivity contribution in [1.82, 2.24) is 0 Å². The zero-order chi connectivity index (χ0) is 13.1. The maximum absolute atomic E-state index is 11.6. The molecular formula is C13H17NO4. The second-order valence-electron chi connectivity index (χ2n) is 4.62. The number of rotatable bonds is 4. The first-order chi connectivity index (χ1) is 8.56. The molecule has 1 aliphatic rings. The Labute approximate surface area is 105 Å². The Morgan fingerprint density at radius 2 is 2.11 bits per heavy atom. The van der Waals surface area contributed by atoms with Gasteiger partial charge in [0.05, 0.1) is 0 Å². The minimum absolute atomic E-state index is 0.0248. The van der Waals surface area contributed by atoms with Crippen LogP contribution in [0.15, 0.2) is 18.2 Å². The first-order valence-electron chi connectivity index (χ1n) is 6.03. The fraction of sp³-hybridized carbons (Fsp3) is 0.462. The van der Waals surface area contributed by atoms with E-state index in [4.69, 9.17) is 10.5 Å². The number of ether oxygens (including phenoxy) is 1. The number of phenolic OH excluding ortho intramolecular Hbond substituents is 2. The summed E-state index contributed by atoms with van der Waals surface area (Å²) in [6, 6.07) is 3.64. The van der Waals surface area contributed by atoms with Crippen LogP contribution in [-0.4, -0.2) is 28.3 Å². The van der Waals surface area contributed by atoms with E-state index < -0.39 is 12.0 Å². The minimum atomic E-state index is -0.741. The number of aromatic hydroxyl groups is 2. The molecule has 0 heterocycles. The van der Waals surface area contributed by atoms with E-state index in [1.165, 1.54) is 12.1 Å². The third-order valence-electron chi connectivity index (χ3n) is 3.13. The van der Waals surface area contributed by atoms with Crippen LogP contribution in [0.4, 0.5) is 0 Å². The third-order valence-corrected chi connectivity index (χ3v) is 3.13. The predicted octanol–water partition coefficient (Wildman–Crippen LogP) is 1.06. The zero-order valence-corrected chi connectivity index (χ0v) is 10.0. The van der Waals surface area contributed by atoms with Crippen molar-refractivity contribution in [2.24, 2.45) is 5.73 Å². The Balaban J connectivity index is 1.90. The molecule has 0 aromatic heterocycles. The molecule has 1 atom stereocenters. The van der Waals surface area contributed by atoms with Gasteiger partial charge in [0.25, 0.3) is 0 Å². The Bertz CT molecular complexity index is 443. The molecule has 0 radical (unpaired) electrons. The summed E-state index contributed by atoms with van der Waals surface area (Å²) in [6.07, 6.45) is 3.23. The lowest BCUT2D eigenvalue weighted by Crippen LogP contribution is -2.38. The van der Waals surface area contributed by atoms with E-state index in [9.17, 15) is 15.0 Å². The lowest BCUT2D eigenvalue weighted by Gasteiger charge is -2.26. The molecule has 1 aliphatic carbocycles. The fourth-order valence-electron chi connectivity index (χ4n) is 1.77. The van der Waals surface area contributed by atoms with Gasteiger partial charge in [-0.25, -0.2) is 0 Å². The van der Waals surface area contributed by atoms with Gasteiger partial charge in [0.1, 0.15) is 12.1 Å². The number of nitrogens with two attached hydrogens (primary N) is 1. The summed E-state index contributed by atoms with van der Waals surface area (Å²) in [5.74, 6) is -0.816. The molecule has 5 nitrogen and oxygen atoms in total. The third kappa shape index (κ3) is 2.92. The number of esters is 1. The van der Waals surface area contributed by atoms with Gasteiger partial charge < -0.3 is 20.7 Å². The van der Waals surface area contributed by atoms with Crippen molar-refractivity contribution >= 4 is 5.97 Å². The fourth-order valence-corrected chi connectivity index (χ4v) is 1.77. The molecule has 4 N–H and O–H groups in total. The number of hydrogen-bond donors (Lipinski definition) is 3. The topological polar surface area (TPSA) is 92.8 Å². The summed E-state index contributed by atoms with van der Waals surface area (Å²) in [6.45, 7) is 0. The molecule has 0 aliphatic heterocycles. The van der Waals surface area contributed by atoms with E-state index in [0.717, 1.165) is 19.3 Å². The highest BCUT2D eigenvalue weighted by atomic mass is 16.5. The summed E-state index contributed by atoms with van der Waals surface area (Å²) in [7, 11) is 0. The second-order valence-corrected chi connectivity index (χ2v) is 4.62. The first kappa shape index (κ1) is 12.7. The SMILES string of the molecule is NC(Cc1ccc(O)c(O)c1)C(=O)OC1CCC1. The van der Waals surface area contributed by atoms with Gasteiger partial charge in [-0.2, -0.15) is 0 Å². The highest BCUT2D eigenvalue weighted by Gasteiger charge is 2.25. The number of benzene rings is 1. The quantitative estimate of drug-likeness (QED) is 0.549. The lowest BCUT2D eigenvalue weighted by molar-refractivity contribution is -0.154. The van der Waals surface area contributed by atoms with Gasteiger partial charge in [0.15, 0.2) is 11.5 Å². The second kappa shape index (κ2) is 5.27. The number of phenols is 2. The van der Waals surface area contributed by atoms with Gasteiger partial charge in [0.2, 0.25) is 0 Å². The molecule has 0 spiro atoms. The van der Waals surface area contributed by atoms with Crippen molar-refractivity contribution in [1.29, 1.82) is 0 Å². The summed E-state index contributed by atoms with van der Waals surface area (Å²) in [5.41, 5.74) is 6.43. The van der Waals surface area contributed by atoms with E-state index in [1.54, 1.807) is 6.07 Å². The summed E-state index contributed by atoms with van der Waals surface area (Å²) in [5, 5.41) is 18.5. The van der Waals surface area contributed by atoms with E-state index in [1.807, 2.05) is 0 Å². The molecule has 1 aromatic rings. The van der Waals surface area contributed by atoms with Crippen LogP contribution in [0.25, 0.3) is 0 Å². The molecule has 1 saturated carbocycles. The maximum atomic E-state index is 11.6. The van der Waals surface area contributed by atoms with Crippen molar-refractivity contribution in [2.75, 3.05) is 0 Å². The Kier molecular flexibility index (Phi) is 3.72. The highest BCUT2D eigenvalue weighted by Crippen LogP contribution is 2.26. The van der Waals surface area contributed by atoms with Crippen LogP contribution >= 0.6 is 0 Å². The minimum Gasteiger partial charge on any atom is -0.504 e. The molecule has 5 heteroatoms. The van der Waals surface area contributed by atoms with Crippen LogP contribution in [0, 0.1) is 0 Å². The molecule has 1 fully saturated rings. The van der Waals surface area contributed by atoms with Crippen LogP contribution in [0.3, 0.4) is 0 Å². The molecule has 0 saturated heterocycles. The van der Waals surface area contributed by atoms with Crippen LogP contribution in [-0.2, 0) is 16.0 Å². The molecule has 1 unspecified atom stereocenters. The van der Waals surface area contributed by atoms with Crippen molar-refractivity contribution in [2.45, 2.75) is 37.8 Å². The lowest BCUT2D eigenvalue weighted by atomic mass is 9.96. The average molecular weight is 251 g/mol. The van der Waals surface area contributed by atoms with Gasteiger partial charge >= 0.3 is 5.97 Å². The van der Waals surface area contributed by atoms with Crippen LogP contribution in [0.5, 0.6) is 11.5 Å². The largest absolute Gasteiger partial charge is 0.504 e.